The van der Waals surface area contributed by atoms with Gasteiger partial charge in [-0.1, -0.05) is 6.07 Å². The van der Waals surface area contributed by atoms with Crippen LogP contribution in [0.1, 0.15) is 12.5 Å². The zero-order valence-electron chi connectivity index (χ0n) is 8.24. The van der Waals surface area contributed by atoms with Crippen molar-refractivity contribution in [1.82, 2.24) is 0 Å². The van der Waals surface area contributed by atoms with E-state index in [1.54, 1.807) is 6.07 Å². The number of hydrogen-bond donors (Lipinski definition) is 2. The molecule has 82 valence electrons. The molecule has 0 spiro atoms. The molecule has 4 nitrogen and oxygen atoms in total. The van der Waals surface area contributed by atoms with Crippen LogP contribution in [0.5, 0.6) is 5.75 Å². The van der Waals surface area contributed by atoms with Crippen molar-refractivity contribution in [3.63, 3.8) is 0 Å². The van der Waals surface area contributed by atoms with Crippen molar-refractivity contribution in [2.75, 3.05) is 0 Å². The van der Waals surface area contributed by atoms with Crippen molar-refractivity contribution in [2.24, 2.45) is 5.73 Å². The zero-order chi connectivity index (χ0) is 11.4. The maximum absolute atomic E-state index is 13.3. The number of rotatable bonds is 4. The monoisotopic (exact) mass is 213 g/mol. The van der Waals surface area contributed by atoms with E-state index in [0.29, 0.717) is 5.56 Å². The number of carboxylic acid groups (broad SMARTS) is 1. The molecule has 0 aromatic heterocycles. The summed E-state index contributed by atoms with van der Waals surface area (Å²) in [5.74, 6) is -1.83. The fourth-order valence-electron chi connectivity index (χ4n) is 1.01. The van der Waals surface area contributed by atoms with E-state index in [1.165, 1.54) is 19.1 Å². The Morgan fingerprint density at radius 2 is 2.33 bits per heavy atom. The summed E-state index contributed by atoms with van der Waals surface area (Å²) in [7, 11) is 0. The molecule has 0 saturated carbocycles. The SMILES string of the molecule is CC(Oc1ccc(CN)cc1F)C(=O)O. The van der Waals surface area contributed by atoms with Gasteiger partial charge >= 0.3 is 5.97 Å². The predicted octanol–water partition coefficient (Wildman–Crippen LogP) is 1.14. The van der Waals surface area contributed by atoms with Crippen LogP contribution in [0.2, 0.25) is 0 Å². The van der Waals surface area contributed by atoms with Crippen molar-refractivity contribution < 1.29 is 19.0 Å². The van der Waals surface area contributed by atoms with Gasteiger partial charge in [0.1, 0.15) is 0 Å². The van der Waals surface area contributed by atoms with Crippen LogP contribution in [0.25, 0.3) is 0 Å². The molecule has 15 heavy (non-hydrogen) atoms. The maximum atomic E-state index is 13.3. The first-order chi connectivity index (χ1) is 7.04. The third-order valence-corrected chi connectivity index (χ3v) is 1.88. The van der Waals surface area contributed by atoms with Gasteiger partial charge in [-0.15, -0.1) is 0 Å². The summed E-state index contributed by atoms with van der Waals surface area (Å²) in [6.45, 7) is 1.56. The average molecular weight is 213 g/mol. The third kappa shape index (κ3) is 2.92. The number of ether oxygens (including phenoxy) is 1. The minimum absolute atomic E-state index is 0.0814. The number of carbonyl (C=O) groups is 1. The summed E-state index contributed by atoms with van der Waals surface area (Å²) >= 11 is 0. The highest BCUT2D eigenvalue weighted by Crippen LogP contribution is 2.19. The van der Waals surface area contributed by atoms with Crippen LogP contribution < -0.4 is 10.5 Å². The second-order valence-corrected chi connectivity index (χ2v) is 3.07. The Bertz CT molecular complexity index is 368. The molecule has 1 atom stereocenters. The van der Waals surface area contributed by atoms with E-state index in [4.69, 9.17) is 15.6 Å². The van der Waals surface area contributed by atoms with Crippen LogP contribution in [0.4, 0.5) is 4.39 Å². The second-order valence-electron chi connectivity index (χ2n) is 3.07. The molecule has 0 heterocycles. The predicted molar refractivity (Wildman–Crippen MR) is 52.0 cm³/mol. The van der Waals surface area contributed by atoms with Crippen molar-refractivity contribution in [2.45, 2.75) is 19.6 Å². The quantitative estimate of drug-likeness (QED) is 0.786. The van der Waals surface area contributed by atoms with Crippen LogP contribution in [-0.2, 0) is 11.3 Å². The molecule has 0 saturated heterocycles. The summed E-state index contributed by atoms with van der Waals surface area (Å²) in [4.78, 5) is 10.5. The Hall–Kier alpha value is -1.62. The first kappa shape index (κ1) is 11.5. The summed E-state index contributed by atoms with van der Waals surface area (Å²) < 4.78 is 18.2. The number of halogens is 1. The molecule has 5 heteroatoms. The van der Waals surface area contributed by atoms with Crippen LogP contribution in [-0.4, -0.2) is 17.2 Å². The molecule has 1 aromatic rings. The Morgan fingerprint density at radius 3 is 2.80 bits per heavy atom. The van der Waals surface area contributed by atoms with Gasteiger partial charge in [0.2, 0.25) is 0 Å². The van der Waals surface area contributed by atoms with Gasteiger partial charge in [0.25, 0.3) is 0 Å². The smallest absolute Gasteiger partial charge is 0.344 e. The molecule has 3 N–H and O–H groups in total. The molecule has 0 fully saturated rings. The molecule has 0 aliphatic rings. The number of aliphatic carboxylic acids is 1. The maximum Gasteiger partial charge on any atom is 0.344 e. The molecule has 1 aromatic carbocycles. The fourth-order valence-corrected chi connectivity index (χ4v) is 1.01. The van der Waals surface area contributed by atoms with Crippen LogP contribution in [0.3, 0.4) is 0 Å². The minimum Gasteiger partial charge on any atom is -0.479 e. The summed E-state index contributed by atoms with van der Waals surface area (Å²) in [6.07, 6.45) is -1.08. The van der Waals surface area contributed by atoms with Gasteiger partial charge in [0, 0.05) is 6.54 Å². The first-order valence-corrected chi connectivity index (χ1v) is 4.42. The molecular formula is C10H12FNO3. The van der Waals surface area contributed by atoms with E-state index in [9.17, 15) is 9.18 Å². The highest BCUT2D eigenvalue weighted by atomic mass is 19.1. The van der Waals surface area contributed by atoms with Gasteiger partial charge in [-0.25, -0.2) is 9.18 Å². The summed E-state index contributed by atoms with van der Waals surface area (Å²) in [5, 5.41) is 8.57. The van der Waals surface area contributed by atoms with Gasteiger partial charge in [0.05, 0.1) is 0 Å². The molecule has 0 radical (unpaired) electrons. The number of benzene rings is 1. The van der Waals surface area contributed by atoms with Crippen LogP contribution >= 0.6 is 0 Å². The Kier molecular flexibility index (Phi) is 3.62. The van der Waals surface area contributed by atoms with E-state index in [-0.39, 0.29) is 12.3 Å². The standard InChI is InChI=1S/C10H12FNO3/c1-6(10(13)14)15-9-3-2-7(5-12)4-8(9)11/h2-4,6H,5,12H2,1H3,(H,13,14). The number of carboxylic acids is 1. The highest BCUT2D eigenvalue weighted by Gasteiger charge is 2.14. The molecule has 1 unspecified atom stereocenters. The van der Waals surface area contributed by atoms with Crippen molar-refractivity contribution in [3.8, 4) is 5.75 Å². The normalized spacial score (nSPS) is 12.2. The molecule has 0 bridgehead atoms. The van der Waals surface area contributed by atoms with E-state index in [2.05, 4.69) is 0 Å². The zero-order valence-corrected chi connectivity index (χ0v) is 8.24. The van der Waals surface area contributed by atoms with Gasteiger partial charge in [-0.2, -0.15) is 0 Å². The summed E-state index contributed by atoms with van der Waals surface area (Å²) in [5.41, 5.74) is 5.94. The van der Waals surface area contributed by atoms with Gasteiger partial charge in [0.15, 0.2) is 17.7 Å². The average Bonchev–Trinajstić information content (AvgIpc) is 2.20. The van der Waals surface area contributed by atoms with Crippen molar-refractivity contribution in [3.05, 3.63) is 29.6 Å². The first-order valence-electron chi connectivity index (χ1n) is 4.42. The van der Waals surface area contributed by atoms with Gasteiger partial charge < -0.3 is 15.6 Å². The van der Waals surface area contributed by atoms with E-state index in [1.807, 2.05) is 0 Å². The summed E-state index contributed by atoms with van der Waals surface area (Å²) in [6, 6.07) is 4.19. The van der Waals surface area contributed by atoms with Crippen LogP contribution in [0.15, 0.2) is 18.2 Å². The number of hydrogen-bond acceptors (Lipinski definition) is 3. The third-order valence-electron chi connectivity index (χ3n) is 1.88. The lowest BCUT2D eigenvalue weighted by atomic mass is 10.2. The number of nitrogens with two attached hydrogens (primary N) is 1. The van der Waals surface area contributed by atoms with Crippen molar-refractivity contribution in [1.29, 1.82) is 0 Å². The Balaban J connectivity index is 2.82. The lowest BCUT2D eigenvalue weighted by molar-refractivity contribution is -0.144. The largest absolute Gasteiger partial charge is 0.479 e. The van der Waals surface area contributed by atoms with Gasteiger partial charge in [-0.05, 0) is 24.6 Å². The second kappa shape index (κ2) is 4.75. The lowest BCUT2D eigenvalue weighted by Gasteiger charge is -2.11. The topological polar surface area (TPSA) is 72.5 Å². The lowest BCUT2D eigenvalue weighted by Crippen LogP contribution is -2.23. The van der Waals surface area contributed by atoms with Crippen molar-refractivity contribution >= 4 is 5.97 Å². The fraction of sp³-hybridized carbons (Fsp3) is 0.300. The molecule has 0 amide bonds. The van der Waals surface area contributed by atoms with Gasteiger partial charge in [-0.3, -0.25) is 0 Å². The molecule has 0 aliphatic carbocycles. The van der Waals surface area contributed by atoms with E-state index < -0.39 is 17.9 Å². The van der Waals surface area contributed by atoms with E-state index >= 15 is 0 Å². The van der Waals surface area contributed by atoms with Crippen LogP contribution in [0, 0.1) is 5.82 Å². The molecular weight excluding hydrogens is 201 g/mol. The molecule has 0 aliphatic heterocycles. The minimum atomic E-state index is -1.14. The Labute approximate surface area is 86.5 Å². The molecule has 1 rings (SSSR count). The highest BCUT2D eigenvalue weighted by molar-refractivity contribution is 5.72. The van der Waals surface area contributed by atoms with E-state index in [0.717, 1.165) is 0 Å². The Morgan fingerprint density at radius 1 is 1.67 bits per heavy atom.